The summed E-state index contributed by atoms with van der Waals surface area (Å²) in [6.07, 6.45) is 3.26. The van der Waals surface area contributed by atoms with Crippen LogP contribution in [0.25, 0.3) is 0 Å². The molecule has 2 atom stereocenters. The maximum absolute atomic E-state index is 6.03. The molecule has 0 bridgehead atoms. The van der Waals surface area contributed by atoms with Gasteiger partial charge in [0.25, 0.3) is 0 Å². The molecule has 1 nitrogen and oxygen atoms in total. The van der Waals surface area contributed by atoms with E-state index in [2.05, 4.69) is 13.0 Å². The fourth-order valence-electron chi connectivity index (χ4n) is 2.42. The molecule has 0 aromatic heterocycles. The van der Waals surface area contributed by atoms with Crippen molar-refractivity contribution in [1.82, 2.24) is 0 Å². The van der Waals surface area contributed by atoms with Gasteiger partial charge in [0.05, 0.1) is 10.0 Å². The highest BCUT2D eigenvalue weighted by Gasteiger charge is 2.34. The van der Waals surface area contributed by atoms with Gasteiger partial charge in [0.2, 0.25) is 0 Å². The molecule has 0 aliphatic heterocycles. The van der Waals surface area contributed by atoms with Gasteiger partial charge in [0.15, 0.2) is 0 Å². The van der Waals surface area contributed by atoms with Crippen molar-refractivity contribution in [2.45, 2.75) is 37.6 Å². The molecular formula is C12H15Cl2N. The molecule has 2 N–H and O–H groups in total. The van der Waals surface area contributed by atoms with Crippen LogP contribution in [0.4, 0.5) is 0 Å². The molecule has 0 heterocycles. The van der Waals surface area contributed by atoms with Gasteiger partial charge >= 0.3 is 0 Å². The van der Waals surface area contributed by atoms with E-state index < -0.39 is 0 Å². The van der Waals surface area contributed by atoms with Crippen molar-refractivity contribution in [3.05, 3.63) is 33.8 Å². The summed E-state index contributed by atoms with van der Waals surface area (Å²) in [5.41, 5.74) is 7.39. The van der Waals surface area contributed by atoms with E-state index in [4.69, 9.17) is 28.9 Å². The van der Waals surface area contributed by atoms with E-state index in [0.29, 0.717) is 16.1 Å². The average Bonchev–Trinajstić information content (AvgIpc) is 2.52. The summed E-state index contributed by atoms with van der Waals surface area (Å²) in [6, 6.07) is 6.23. The molecule has 0 amide bonds. The highest BCUT2D eigenvalue weighted by Crippen LogP contribution is 2.41. The highest BCUT2D eigenvalue weighted by atomic mass is 35.5. The lowest BCUT2D eigenvalue weighted by Gasteiger charge is -2.24. The van der Waals surface area contributed by atoms with Crippen LogP contribution >= 0.6 is 23.2 Å². The van der Waals surface area contributed by atoms with Crippen molar-refractivity contribution in [2.24, 2.45) is 5.73 Å². The van der Waals surface area contributed by atoms with Gasteiger partial charge in [0, 0.05) is 6.04 Å². The first-order valence-corrected chi connectivity index (χ1v) is 5.98. The molecule has 0 spiro atoms. The second kappa shape index (κ2) is 3.97. The molecule has 3 heteroatoms. The second-order valence-electron chi connectivity index (χ2n) is 4.69. The quantitative estimate of drug-likeness (QED) is 0.799. The Bertz CT molecular complexity index is 378. The van der Waals surface area contributed by atoms with E-state index in [0.717, 1.165) is 19.3 Å². The van der Waals surface area contributed by atoms with Crippen molar-refractivity contribution in [2.75, 3.05) is 0 Å². The molecule has 1 unspecified atom stereocenters. The third-order valence-electron chi connectivity index (χ3n) is 3.40. The summed E-state index contributed by atoms with van der Waals surface area (Å²) in [5, 5.41) is 1.25. The van der Waals surface area contributed by atoms with Gasteiger partial charge in [-0.1, -0.05) is 36.2 Å². The zero-order chi connectivity index (χ0) is 11.1. The van der Waals surface area contributed by atoms with Gasteiger partial charge in [-0.05, 0) is 42.4 Å². The van der Waals surface area contributed by atoms with Crippen LogP contribution in [0.5, 0.6) is 0 Å². The molecule has 1 aromatic carbocycles. The fraction of sp³-hybridized carbons (Fsp3) is 0.500. The van der Waals surface area contributed by atoms with Crippen molar-refractivity contribution < 1.29 is 0 Å². The van der Waals surface area contributed by atoms with E-state index in [9.17, 15) is 0 Å². The molecule has 1 aliphatic carbocycles. The monoisotopic (exact) mass is 243 g/mol. The van der Waals surface area contributed by atoms with Crippen LogP contribution in [-0.4, -0.2) is 6.04 Å². The molecule has 82 valence electrons. The molecule has 1 saturated carbocycles. The normalized spacial score (nSPS) is 30.8. The average molecular weight is 244 g/mol. The minimum Gasteiger partial charge on any atom is -0.328 e. The predicted molar refractivity (Wildman–Crippen MR) is 65.6 cm³/mol. The van der Waals surface area contributed by atoms with E-state index in [-0.39, 0.29) is 5.41 Å². The van der Waals surface area contributed by atoms with Gasteiger partial charge in [0.1, 0.15) is 0 Å². The fourth-order valence-corrected chi connectivity index (χ4v) is 2.72. The smallest absolute Gasteiger partial charge is 0.0595 e. The lowest BCUT2D eigenvalue weighted by atomic mass is 9.81. The van der Waals surface area contributed by atoms with Crippen molar-refractivity contribution in [3.63, 3.8) is 0 Å². The summed E-state index contributed by atoms with van der Waals surface area (Å²) < 4.78 is 0. The number of hydrogen-bond acceptors (Lipinski definition) is 1. The largest absolute Gasteiger partial charge is 0.328 e. The number of hydrogen-bond donors (Lipinski definition) is 1. The molecule has 1 aromatic rings. The van der Waals surface area contributed by atoms with Crippen LogP contribution in [0.2, 0.25) is 10.0 Å². The molecule has 0 radical (unpaired) electrons. The lowest BCUT2D eigenvalue weighted by Crippen LogP contribution is -2.22. The Kier molecular flexibility index (Phi) is 2.98. The lowest BCUT2D eigenvalue weighted by molar-refractivity contribution is 0.482. The van der Waals surface area contributed by atoms with Gasteiger partial charge < -0.3 is 5.73 Å². The molecule has 0 saturated heterocycles. The summed E-state index contributed by atoms with van der Waals surface area (Å²) in [5.74, 6) is 0. The number of rotatable bonds is 1. The Labute approximate surface area is 101 Å². The Balaban J connectivity index is 2.33. The highest BCUT2D eigenvalue weighted by molar-refractivity contribution is 6.42. The first-order valence-electron chi connectivity index (χ1n) is 5.22. The first-order chi connectivity index (χ1) is 7.01. The van der Waals surface area contributed by atoms with Gasteiger partial charge in [-0.25, -0.2) is 0 Å². The van der Waals surface area contributed by atoms with Crippen molar-refractivity contribution in [3.8, 4) is 0 Å². The zero-order valence-electron chi connectivity index (χ0n) is 8.76. The van der Waals surface area contributed by atoms with Crippen LogP contribution in [0.1, 0.15) is 31.7 Å². The van der Waals surface area contributed by atoms with Crippen molar-refractivity contribution >= 4 is 23.2 Å². The van der Waals surface area contributed by atoms with Crippen LogP contribution in [0.15, 0.2) is 18.2 Å². The van der Waals surface area contributed by atoms with E-state index in [1.807, 2.05) is 12.1 Å². The summed E-state index contributed by atoms with van der Waals surface area (Å²) in [6.45, 7) is 2.25. The molecular weight excluding hydrogens is 229 g/mol. The van der Waals surface area contributed by atoms with Crippen LogP contribution in [0, 0.1) is 0 Å². The topological polar surface area (TPSA) is 26.0 Å². The van der Waals surface area contributed by atoms with Crippen LogP contribution in [-0.2, 0) is 5.41 Å². The molecule has 1 aliphatic rings. The number of benzene rings is 1. The van der Waals surface area contributed by atoms with E-state index >= 15 is 0 Å². The summed E-state index contributed by atoms with van der Waals surface area (Å²) >= 11 is 11.9. The Morgan fingerprint density at radius 1 is 1.33 bits per heavy atom. The van der Waals surface area contributed by atoms with Gasteiger partial charge in [-0.15, -0.1) is 0 Å². The van der Waals surface area contributed by atoms with Crippen LogP contribution < -0.4 is 5.73 Å². The van der Waals surface area contributed by atoms with Crippen LogP contribution in [0.3, 0.4) is 0 Å². The minimum absolute atomic E-state index is 0.174. The Morgan fingerprint density at radius 3 is 2.60 bits per heavy atom. The SMILES string of the molecule is C[C@@]1(c2ccc(Cl)c(Cl)c2)CCC(N)C1. The number of nitrogens with two attached hydrogens (primary N) is 1. The Hall–Kier alpha value is -0.240. The predicted octanol–water partition coefficient (Wildman–Crippen LogP) is 3.76. The Morgan fingerprint density at radius 2 is 2.07 bits per heavy atom. The standard InChI is InChI=1S/C12H15Cl2N/c1-12(5-4-9(15)7-12)8-2-3-10(13)11(14)6-8/h2-3,6,9H,4-5,7,15H2,1H3/t9?,12-/m1/s1. The maximum Gasteiger partial charge on any atom is 0.0595 e. The summed E-state index contributed by atoms with van der Waals surface area (Å²) in [4.78, 5) is 0. The number of halogens is 2. The third kappa shape index (κ3) is 2.15. The molecule has 15 heavy (non-hydrogen) atoms. The first kappa shape index (κ1) is 11.3. The molecule has 1 fully saturated rings. The maximum atomic E-state index is 6.03. The van der Waals surface area contributed by atoms with E-state index in [1.165, 1.54) is 5.56 Å². The van der Waals surface area contributed by atoms with Gasteiger partial charge in [-0.3, -0.25) is 0 Å². The second-order valence-corrected chi connectivity index (χ2v) is 5.51. The van der Waals surface area contributed by atoms with Gasteiger partial charge in [-0.2, -0.15) is 0 Å². The van der Waals surface area contributed by atoms with Crippen molar-refractivity contribution in [1.29, 1.82) is 0 Å². The van der Waals surface area contributed by atoms with E-state index in [1.54, 1.807) is 0 Å². The summed E-state index contributed by atoms with van der Waals surface area (Å²) in [7, 11) is 0. The zero-order valence-corrected chi connectivity index (χ0v) is 10.3. The molecule has 2 rings (SSSR count). The third-order valence-corrected chi connectivity index (χ3v) is 4.14. The minimum atomic E-state index is 0.174.